The maximum absolute atomic E-state index is 12.6. The molecule has 0 aliphatic carbocycles. The Hall–Kier alpha value is -1.99. The van der Waals surface area contributed by atoms with E-state index >= 15 is 0 Å². The molecule has 0 spiro atoms. The lowest BCUT2D eigenvalue weighted by atomic mass is 9.96. The third kappa shape index (κ3) is 2.94. The molecule has 1 saturated heterocycles. The Morgan fingerprint density at radius 2 is 2.00 bits per heavy atom. The van der Waals surface area contributed by atoms with Crippen molar-refractivity contribution in [1.82, 2.24) is 4.98 Å². The van der Waals surface area contributed by atoms with E-state index in [1.165, 1.54) is 6.07 Å². The average Bonchev–Trinajstić information content (AvgIpc) is 2.37. The molecular weight excluding hydrogens is 275 g/mol. The second-order valence-corrected chi connectivity index (χ2v) is 4.74. The minimum Gasteiger partial charge on any atom is -0.478 e. The normalized spacial score (nSPS) is 17.2. The predicted octanol–water partition coefficient (Wildman–Crippen LogP) is 2.14. The fraction of sp³-hybridized carbons (Fsp3) is 0.500. The molecule has 1 aliphatic rings. The van der Waals surface area contributed by atoms with E-state index in [-0.39, 0.29) is 37.2 Å². The number of rotatable bonds is 2. The van der Waals surface area contributed by atoms with E-state index in [1.807, 2.05) is 0 Å². The van der Waals surface area contributed by atoms with Crippen LogP contribution in [0.25, 0.3) is 0 Å². The Bertz CT molecular complexity index is 511. The number of carboxylic acids is 1. The van der Waals surface area contributed by atoms with Gasteiger partial charge in [-0.2, -0.15) is 13.2 Å². The summed E-state index contributed by atoms with van der Waals surface area (Å²) in [5.74, 6) is -2.10. The van der Waals surface area contributed by atoms with Crippen LogP contribution in [0.2, 0.25) is 0 Å². The first kappa shape index (κ1) is 14.4. The van der Waals surface area contributed by atoms with Crippen LogP contribution in [0.5, 0.6) is 0 Å². The minimum atomic E-state index is -4.17. The van der Waals surface area contributed by atoms with Crippen molar-refractivity contribution in [2.24, 2.45) is 5.92 Å². The Kier molecular flexibility index (Phi) is 3.74. The van der Waals surface area contributed by atoms with Gasteiger partial charge in [0.1, 0.15) is 0 Å². The highest BCUT2D eigenvalue weighted by atomic mass is 19.4. The van der Waals surface area contributed by atoms with Crippen LogP contribution in [0.4, 0.5) is 24.7 Å². The van der Waals surface area contributed by atoms with Crippen LogP contribution in [-0.2, 0) is 0 Å². The molecule has 8 heteroatoms. The zero-order valence-corrected chi connectivity index (χ0v) is 10.5. The highest BCUT2D eigenvalue weighted by Crippen LogP contribution is 2.35. The number of carboxylic acid groups (broad SMARTS) is 1. The molecule has 1 aromatic heterocycles. The van der Waals surface area contributed by atoms with Gasteiger partial charge < -0.3 is 15.7 Å². The first-order valence-corrected chi connectivity index (χ1v) is 6.09. The van der Waals surface area contributed by atoms with Crippen molar-refractivity contribution >= 4 is 17.5 Å². The van der Waals surface area contributed by atoms with E-state index in [4.69, 9.17) is 10.8 Å². The summed E-state index contributed by atoms with van der Waals surface area (Å²) in [6.45, 7) is 0.404. The highest BCUT2D eigenvalue weighted by Gasteiger charge is 2.41. The average molecular weight is 289 g/mol. The van der Waals surface area contributed by atoms with Crippen LogP contribution < -0.4 is 10.6 Å². The topological polar surface area (TPSA) is 79.5 Å². The van der Waals surface area contributed by atoms with Gasteiger partial charge in [0.25, 0.3) is 0 Å². The van der Waals surface area contributed by atoms with Crippen molar-refractivity contribution < 1.29 is 23.1 Å². The molecule has 1 aromatic rings. The summed E-state index contributed by atoms with van der Waals surface area (Å²) in [7, 11) is 0. The summed E-state index contributed by atoms with van der Waals surface area (Å²) in [5.41, 5.74) is 5.84. The summed E-state index contributed by atoms with van der Waals surface area (Å²) >= 11 is 0. The number of pyridine rings is 1. The summed E-state index contributed by atoms with van der Waals surface area (Å²) in [6.07, 6.45) is -3.03. The van der Waals surface area contributed by atoms with Gasteiger partial charge in [0.2, 0.25) is 0 Å². The molecular formula is C12H14F3N3O2. The molecule has 20 heavy (non-hydrogen) atoms. The van der Waals surface area contributed by atoms with Crippen LogP contribution in [-0.4, -0.2) is 35.3 Å². The van der Waals surface area contributed by atoms with Crippen LogP contribution in [0, 0.1) is 5.92 Å². The van der Waals surface area contributed by atoms with E-state index in [0.29, 0.717) is 5.82 Å². The number of hydrogen-bond acceptors (Lipinski definition) is 4. The molecule has 1 aliphatic heterocycles. The fourth-order valence-corrected chi connectivity index (χ4v) is 2.27. The van der Waals surface area contributed by atoms with Crippen molar-refractivity contribution in [3.05, 3.63) is 17.8 Å². The number of aromatic carboxylic acids is 1. The number of halogens is 3. The SMILES string of the molecule is Nc1cc(C(=O)O)cnc1N1CCC(C(F)(F)F)CC1. The molecule has 3 N–H and O–H groups in total. The molecule has 5 nitrogen and oxygen atoms in total. The Balaban J connectivity index is 2.09. The fourth-order valence-electron chi connectivity index (χ4n) is 2.27. The Morgan fingerprint density at radius 1 is 1.40 bits per heavy atom. The van der Waals surface area contributed by atoms with E-state index in [2.05, 4.69) is 4.98 Å². The van der Waals surface area contributed by atoms with Gasteiger partial charge in [0.15, 0.2) is 5.82 Å². The van der Waals surface area contributed by atoms with Crippen molar-refractivity contribution in [2.45, 2.75) is 19.0 Å². The van der Waals surface area contributed by atoms with E-state index in [1.54, 1.807) is 4.90 Å². The van der Waals surface area contributed by atoms with Gasteiger partial charge in [-0.3, -0.25) is 0 Å². The second-order valence-electron chi connectivity index (χ2n) is 4.74. The predicted molar refractivity (Wildman–Crippen MR) is 66.6 cm³/mol. The number of anilines is 2. The standard InChI is InChI=1S/C12H14F3N3O2/c13-12(14,15)8-1-3-18(4-2-8)10-9(16)5-7(6-17-10)11(19)20/h5-6,8H,1-4,16H2,(H,19,20). The Morgan fingerprint density at radius 3 is 2.45 bits per heavy atom. The monoisotopic (exact) mass is 289 g/mol. The van der Waals surface area contributed by atoms with Crippen molar-refractivity contribution in [3.8, 4) is 0 Å². The smallest absolute Gasteiger partial charge is 0.391 e. The molecule has 0 amide bonds. The van der Waals surface area contributed by atoms with Gasteiger partial charge in [-0.25, -0.2) is 9.78 Å². The number of piperidine rings is 1. The summed E-state index contributed by atoms with van der Waals surface area (Å²) in [6, 6.07) is 1.26. The largest absolute Gasteiger partial charge is 0.478 e. The third-order valence-corrected chi connectivity index (χ3v) is 3.40. The first-order chi connectivity index (χ1) is 9.29. The van der Waals surface area contributed by atoms with Gasteiger partial charge >= 0.3 is 12.1 Å². The first-order valence-electron chi connectivity index (χ1n) is 6.09. The lowest BCUT2D eigenvalue weighted by Gasteiger charge is -2.34. The van der Waals surface area contributed by atoms with Crippen LogP contribution in [0.1, 0.15) is 23.2 Å². The molecule has 0 aromatic carbocycles. The molecule has 2 rings (SSSR count). The van der Waals surface area contributed by atoms with Crippen molar-refractivity contribution in [3.63, 3.8) is 0 Å². The number of nitrogen functional groups attached to an aromatic ring is 1. The maximum atomic E-state index is 12.6. The van der Waals surface area contributed by atoms with E-state index in [0.717, 1.165) is 6.20 Å². The third-order valence-electron chi connectivity index (χ3n) is 3.40. The zero-order chi connectivity index (χ0) is 14.9. The van der Waals surface area contributed by atoms with Gasteiger partial charge in [-0.05, 0) is 18.9 Å². The molecule has 2 heterocycles. The number of hydrogen-bond donors (Lipinski definition) is 2. The lowest BCUT2D eigenvalue weighted by Crippen LogP contribution is -2.39. The summed E-state index contributed by atoms with van der Waals surface area (Å²) in [4.78, 5) is 16.4. The molecule has 0 saturated carbocycles. The molecule has 0 radical (unpaired) electrons. The van der Waals surface area contributed by atoms with Crippen molar-refractivity contribution in [2.75, 3.05) is 23.7 Å². The van der Waals surface area contributed by atoms with E-state index < -0.39 is 18.1 Å². The van der Waals surface area contributed by atoms with Crippen molar-refractivity contribution in [1.29, 1.82) is 0 Å². The summed E-state index contributed by atoms with van der Waals surface area (Å²) < 4.78 is 37.7. The van der Waals surface area contributed by atoms with Gasteiger partial charge in [-0.15, -0.1) is 0 Å². The lowest BCUT2D eigenvalue weighted by molar-refractivity contribution is -0.179. The van der Waals surface area contributed by atoms with Gasteiger partial charge in [-0.1, -0.05) is 0 Å². The quantitative estimate of drug-likeness (QED) is 0.872. The number of nitrogens with zero attached hydrogens (tertiary/aromatic N) is 2. The number of aromatic nitrogens is 1. The summed E-state index contributed by atoms with van der Waals surface area (Å²) in [5, 5.41) is 8.80. The highest BCUT2D eigenvalue weighted by molar-refractivity contribution is 5.89. The second kappa shape index (κ2) is 5.18. The molecule has 0 atom stereocenters. The molecule has 0 bridgehead atoms. The van der Waals surface area contributed by atoms with Crippen LogP contribution >= 0.6 is 0 Å². The maximum Gasteiger partial charge on any atom is 0.391 e. The van der Waals surface area contributed by atoms with Crippen LogP contribution in [0.15, 0.2) is 12.3 Å². The minimum absolute atomic E-state index is 0.00863. The number of carbonyl (C=O) groups is 1. The Labute approximate surface area is 113 Å². The molecule has 0 unspecified atom stereocenters. The van der Waals surface area contributed by atoms with Gasteiger partial charge in [0.05, 0.1) is 17.2 Å². The molecule has 110 valence electrons. The number of nitrogens with two attached hydrogens (primary N) is 1. The zero-order valence-electron chi connectivity index (χ0n) is 10.5. The molecule has 1 fully saturated rings. The van der Waals surface area contributed by atoms with Gasteiger partial charge in [0, 0.05) is 19.3 Å². The van der Waals surface area contributed by atoms with Crippen LogP contribution in [0.3, 0.4) is 0 Å². The number of alkyl halides is 3. The van der Waals surface area contributed by atoms with E-state index in [9.17, 15) is 18.0 Å².